The van der Waals surface area contributed by atoms with Crippen molar-refractivity contribution in [3.05, 3.63) is 59.7 Å². The van der Waals surface area contributed by atoms with Crippen LogP contribution in [0.4, 0.5) is 4.79 Å². The molecular formula is C18H21NO6. The number of hydrogen-bond donors (Lipinski definition) is 4. The van der Waals surface area contributed by atoms with Crippen LogP contribution in [0.1, 0.15) is 17.2 Å². The molecule has 0 radical (unpaired) electrons. The van der Waals surface area contributed by atoms with Crippen LogP contribution >= 0.6 is 0 Å². The summed E-state index contributed by atoms with van der Waals surface area (Å²) in [5, 5.41) is 32.1. The third-order valence-corrected chi connectivity index (χ3v) is 3.58. The molecule has 2 aromatic rings. The molecule has 1 amide bonds. The van der Waals surface area contributed by atoms with E-state index in [0.29, 0.717) is 5.56 Å². The maximum absolute atomic E-state index is 11.6. The first-order chi connectivity index (χ1) is 12.0. The number of aliphatic hydroxyl groups excluding tert-OH is 2. The molecule has 2 aromatic carbocycles. The highest BCUT2D eigenvalue weighted by Crippen LogP contribution is 2.29. The number of aromatic hydroxyl groups is 1. The fraction of sp³-hybridized carbons (Fsp3) is 0.278. The molecule has 0 aliphatic rings. The number of phenols is 1. The third-order valence-electron chi connectivity index (χ3n) is 3.58. The first-order valence-corrected chi connectivity index (χ1v) is 7.69. The quantitative estimate of drug-likeness (QED) is 0.607. The molecule has 2 unspecified atom stereocenters. The smallest absolute Gasteiger partial charge is 0.407 e. The van der Waals surface area contributed by atoms with Gasteiger partial charge in [0.15, 0.2) is 11.5 Å². The van der Waals surface area contributed by atoms with Gasteiger partial charge in [-0.3, -0.25) is 0 Å². The van der Waals surface area contributed by atoms with Crippen LogP contribution in [-0.4, -0.2) is 41.2 Å². The molecule has 0 fully saturated rings. The van der Waals surface area contributed by atoms with Crippen LogP contribution in [0.2, 0.25) is 0 Å². The summed E-state index contributed by atoms with van der Waals surface area (Å²) in [7, 11) is 1.38. The normalized spacial score (nSPS) is 12.9. The van der Waals surface area contributed by atoms with Crippen molar-refractivity contribution in [2.24, 2.45) is 0 Å². The van der Waals surface area contributed by atoms with E-state index in [0.717, 1.165) is 5.56 Å². The van der Waals surface area contributed by atoms with Crippen molar-refractivity contribution in [3.63, 3.8) is 0 Å². The number of amides is 1. The number of benzene rings is 2. The van der Waals surface area contributed by atoms with Crippen molar-refractivity contribution in [3.8, 4) is 11.5 Å². The minimum Gasteiger partial charge on any atom is -0.504 e. The molecule has 0 saturated carbocycles. The van der Waals surface area contributed by atoms with E-state index in [4.69, 9.17) is 9.47 Å². The van der Waals surface area contributed by atoms with E-state index in [1.54, 1.807) is 0 Å². The average Bonchev–Trinajstić information content (AvgIpc) is 2.65. The Morgan fingerprint density at radius 2 is 1.88 bits per heavy atom. The first-order valence-electron chi connectivity index (χ1n) is 7.69. The lowest BCUT2D eigenvalue weighted by Gasteiger charge is -2.19. The summed E-state index contributed by atoms with van der Waals surface area (Å²) in [6, 6.07) is 13.4. The number of carbonyl (C=O) groups is 1. The monoisotopic (exact) mass is 347 g/mol. The van der Waals surface area contributed by atoms with Gasteiger partial charge in [0.1, 0.15) is 18.8 Å². The van der Waals surface area contributed by atoms with Crippen molar-refractivity contribution >= 4 is 6.09 Å². The lowest BCUT2D eigenvalue weighted by Crippen LogP contribution is -2.35. The number of alkyl carbamates (subject to hydrolysis) is 1. The number of rotatable bonds is 7. The van der Waals surface area contributed by atoms with Gasteiger partial charge in [0.05, 0.1) is 7.11 Å². The highest BCUT2D eigenvalue weighted by atomic mass is 16.5. The molecule has 25 heavy (non-hydrogen) atoms. The molecule has 2 atom stereocenters. The Bertz CT molecular complexity index is 691. The molecular weight excluding hydrogens is 326 g/mol. The zero-order valence-electron chi connectivity index (χ0n) is 13.8. The largest absolute Gasteiger partial charge is 0.504 e. The molecule has 0 aliphatic heterocycles. The van der Waals surface area contributed by atoms with E-state index in [1.807, 2.05) is 30.3 Å². The summed E-state index contributed by atoms with van der Waals surface area (Å²) in [6.07, 6.45) is -3.21. The lowest BCUT2D eigenvalue weighted by atomic mass is 10.0. The van der Waals surface area contributed by atoms with Crippen LogP contribution in [-0.2, 0) is 11.3 Å². The summed E-state index contributed by atoms with van der Waals surface area (Å²) >= 11 is 0. The van der Waals surface area contributed by atoms with E-state index in [9.17, 15) is 20.1 Å². The molecule has 7 nitrogen and oxygen atoms in total. The Morgan fingerprint density at radius 1 is 1.16 bits per heavy atom. The van der Waals surface area contributed by atoms with E-state index in [-0.39, 0.29) is 24.7 Å². The van der Waals surface area contributed by atoms with Gasteiger partial charge in [-0.2, -0.15) is 0 Å². The van der Waals surface area contributed by atoms with Crippen LogP contribution in [0.25, 0.3) is 0 Å². The Kier molecular flexibility index (Phi) is 6.62. The zero-order chi connectivity index (χ0) is 18.2. The van der Waals surface area contributed by atoms with Crippen LogP contribution in [0.5, 0.6) is 11.5 Å². The van der Waals surface area contributed by atoms with Crippen molar-refractivity contribution in [2.75, 3.05) is 13.7 Å². The van der Waals surface area contributed by atoms with Gasteiger partial charge >= 0.3 is 6.09 Å². The van der Waals surface area contributed by atoms with Crippen LogP contribution < -0.4 is 10.1 Å². The molecule has 4 N–H and O–H groups in total. The Morgan fingerprint density at radius 3 is 2.56 bits per heavy atom. The molecule has 0 aliphatic carbocycles. The molecule has 2 rings (SSSR count). The first kappa shape index (κ1) is 18.6. The topological polar surface area (TPSA) is 108 Å². The van der Waals surface area contributed by atoms with Gasteiger partial charge in [-0.25, -0.2) is 4.79 Å². The molecule has 0 bridgehead atoms. The summed E-state index contributed by atoms with van der Waals surface area (Å²) in [5.74, 6) is 0.106. The summed E-state index contributed by atoms with van der Waals surface area (Å²) in [4.78, 5) is 11.6. The standard InChI is InChI=1S/C18H21NO6/c1-24-16-9-13(7-8-14(16)20)17(22)15(21)10-19-18(23)25-11-12-5-3-2-4-6-12/h2-9,15,17,20-22H,10-11H2,1H3,(H,19,23). The molecule has 134 valence electrons. The summed E-state index contributed by atoms with van der Waals surface area (Å²) in [6.45, 7) is -0.0849. The van der Waals surface area contributed by atoms with Crippen LogP contribution in [0.3, 0.4) is 0 Å². The number of hydrogen-bond acceptors (Lipinski definition) is 6. The minimum atomic E-state index is -1.26. The number of ether oxygens (including phenoxy) is 2. The highest BCUT2D eigenvalue weighted by molar-refractivity contribution is 5.67. The fourth-order valence-corrected chi connectivity index (χ4v) is 2.17. The predicted molar refractivity (Wildman–Crippen MR) is 90.3 cm³/mol. The van der Waals surface area contributed by atoms with Gasteiger partial charge in [-0.15, -0.1) is 0 Å². The minimum absolute atomic E-state index is 0.0736. The lowest BCUT2D eigenvalue weighted by molar-refractivity contribution is 0.0183. The Labute approximate surface area is 145 Å². The molecule has 0 aromatic heterocycles. The number of carbonyl (C=O) groups excluding carboxylic acids is 1. The van der Waals surface area contributed by atoms with Gasteiger partial charge in [0.25, 0.3) is 0 Å². The summed E-state index contributed by atoms with van der Waals surface area (Å²) < 4.78 is 9.98. The maximum Gasteiger partial charge on any atom is 0.407 e. The van der Waals surface area contributed by atoms with Gasteiger partial charge in [0, 0.05) is 6.54 Å². The van der Waals surface area contributed by atoms with E-state index >= 15 is 0 Å². The third kappa shape index (κ3) is 5.37. The zero-order valence-corrected chi connectivity index (χ0v) is 13.8. The number of nitrogens with one attached hydrogen (secondary N) is 1. The van der Waals surface area contributed by atoms with Crippen molar-refractivity contribution in [2.45, 2.75) is 18.8 Å². The second-order valence-electron chi connectivity index (χ2n) is 5.39. The molecule has 0 heterocycles. The Balaban J connectivity index is 1.82. The van der Waals surface area contributed by atoms with E-state index in [2.05, 4.69) is 5.32 Å². The van der Waals surface area contributed by atoms with Crippen molar-refractivity contribution in [1.82, 2.24) is 5.32 Å². The summed E-state index contributed by atoms with van der Waals surface area (Å²) in [5.41, 5.74) is 1.19. The second kappa shape index (κ2) is 8.91. The van der Waals surface area contributed by atoms with Crippen molar-refractivity contribution in [1.29, 1.82) is 0 Å². The number of phenolic OH excluding ortho intramolecular Hbond substituents is 1. The predicted octanol–water partition coefficient (Wildman–Crippen LogP) is 1.72. The number of aliphatic hydroxyl groups is 2. The van der Waals surface area contributed by atoms with Gasteiger partial charge < -0.3 is 30.1 Å². The molecule has 7 heteroatoms. The molecule has 0 spiro atoms. The van der Waals surface area contributed by atoms with Crippen LogP contribution in [0, 0.1) is 0 Å². The molecule has 0 saturated heterocycles. The van der Waals surface area contributed by atoms with Crippen molar-refractivity contribution < 1.29 is 29.6 Å². The fourth-order valence-electron chi connectivity index (χ4n) is 2.17. The van der Waals surface area contributed by atoms with Gasteiger partial charge in [-0.05, 0) is 23.3 Å². The number of methoxy groups -OCH3 is 1. The van der Waals surface area contributed by atoms with Gasteiger partial charge in [0.2, 0.25) is 0 Å². The average molecular weight is 347 g/mol. The van der Waals surface area contributed by atoms with E-state index in [1.165, 1.54) is 25.3 Å². The van der Waals surface area contributed by atoms with E-state index < -0.39 is 18.3 Å². The Hall–Kier alpha value is -2.77. The SMILES string of the molecule is COc1cc(C(O)C(O)CNC(=O)OCc2ccccc2)ccc1O. The second-order valence-corrected chi connectivity index (χ2v) is 5.39. The highest BCUT2D eigenvalue weighted by Gasteiger charge is 2.20. The van der Waals surface area contributed by atoms with Crippen LogP contribution in [0.15, 0.2) is 48.5 Å². The van der Waals surface area contributed by atoms with Gasteiger partial charge in [-0.1, -0.05) is 36.4 Å². The maximum atomic E-state index is 11.6.